The Morgan fingerprint density at radius 3 is 2.55 bits per heavy atom. The molecule has 0 radical (unpaired) electrons. The Kier molecular flexibility index (Phi) is 7.12. The van der Waals surface area contributed by atoms with Crippen LogP contribution in [-0.2, 0) is 37.2 Å². The molecule has 1 aliphatic rings. The molecule has 0 amide bonds. The highest BCUT2D eigenvalue weighted by Gasteiger charge is 2.16. The summed E-state index contributed by atoms with van der Waals surface area (Å²) in [5.41, 5.74) is 5.58. The molecule has 0 saturated carbocycles. The standard InChI is InChI=1S/C25H30FN3O2/c1-31-12-10-27-9-11-29-24-15-20-4-2-3-19(20)13-21(24)14-22(25(29)30)17-28-16-18-5-7-23(26)8-6-18/h5-8,13-15,27-28H,2-4,9-12,16-17H2,1H3. The maximum absolute atomic E-state index is 13.3. The first-order chi connectivity index (χ1) is 15.2. The Morgan fingerprint density at radius 2 is 1.77 bits per heavy atom. The van der Waals surface area contributed by atoms with Crippen molar-refractivity contribution in [3.05, 3.63) is 80.9 Å². The van der Waals surface area contributed by atoms with E-state index in [1.807, 2.05) is 10.6 Å². The third kappa shape index (κ3) is 5.21. The lowest BCUT2D eigenvalue weighted by Crippen LogP contribution is -2.32. The van der Waals surface area contributed by atoms with Crippen LogP contribution in [0.1, 0.15) is 28.7 Å². The zero-order valence-corrected chi connectivity index (χ0v) is 18.0. The Morgan fingerprint density at radius 1 is 1.00 bits per heavy atom. The van der Waals surface area contributed by atoms with E-state index >= 15 is 0 Å². The number of hydrogen-bond acceptors (Lipinski definition) is 4. The van der Waals surface area contributed by atoms with Gasteiger partial charge in [-0.25, -0.2) is 4.39 Å². The highest BCUT2D eigenvalue weighted by molar-refractivity contribution is 5.82. The Labute approximate surface area is 182 Å². The zero-order valence-electron chi connectivity index (χ0n) is 18.0. The number of methoxy groups -OCH3 is 1. The van der Waals surface area contributed by atoms with E-state index in [2.05, 4.69) is 22.8 Å². The molecule has 0 bridgehead atoms. The number of nitrogens with one attached hydrogen (secondary N) is 2. The van der Waals surface area contributed by atoms with Gasteiger partial charge in [-0.05, 0) is 71.7 Å². The topological polar surface area (TPSA) is 55.3 Å². The van der Waals surface area contributed by atoms with Crippen molar-refractivity contribution in [1.82, 2.24) is 15.2 Å². The van der Waals surface area contributed by atoms with Crippen LogP contribution in [-0.4, -0.2) is 31.4 Å². The predicted molar refractivity (Wildman–Crippen MR) is 122 cm³/mol. The summed E-state index contributed by atoms with van der Waals surface area (Å²) >= 11 is 0. The Balaban J connectivity index is 1.57. The minimum Gasteiger partial charge on any atom is -0.383 e. The maximum atomic E-state index is 13.3. The summed E-state index contributed by atoms with van der Waals surface area (Å²) in [4.78, 5) is 13.3. The maximum Gasteiger partial charge on any atom is 0.255 e. The fraction of sp³-hybridized carbons (Fsp3) is 0.400. The smallest absolute Gasteiger partial charge is 0.255 e. The van der Waals surface area contributed by atoms with E-state index in [0.29, 0.717) is 32.8 Å². The lowest BCUT2D eigenvalue weighted by Gasteiger charge is -2.15. The molecule has 1 aliphatic carbocycles. The molecule has 3 aromatic rings. The number of aryl methyl sites for hydroxylation is 2. The molecule has 2 aromatic carbocycles. The number of rotatable bonds is 10. The summed E-state index contributed by atoms with van der Waals surface area (Å²) in [5.74, 6) is -0.243. The molecule has 0 spiro atoms. The van der Waals surface area contributed by atoms with E-state index in [1.165, 1.54) is 29.7 Å². The van der Waals surface area contributed by atoms with Gasteiger partial charge in [0, 0.05) is 45.4 Å². The van der Waals surface area contributed by atoms with Gasteiger partial charge < -0.3 is 19.9 Å². The molecule has 2 N–H and O–H groups in total. The van der Waals surface area contributed by atoms with E-state index in [4.69, 9.17) is 4.74 Å². The summed E-state index contributed by atoms with van der Waals surface area (Å²) in [6.07, 6.45) is 3.38. The SMILES string of the molecule is COCCNCCn1c(=O)c(CNCc2ccc(F)cc2)cc2cc3c(cc21)CCC3. The second kappa shape index (κ2) is 10.2. The number of hydrogen-bond donors (Lipinski definition) is 2. The van der Waals surface area contributed by atoms with Gasteiger partial charge in [-0.3, -0.25) is 4.79 Å². The summed E-state index contributed by atoms with van der Waals surface area (Å²) in [6.45, 7) is 3.79. The Bertz CT molecular complexity index is 1090. The van der Waals surface area contributed by atoms with Gasteiger partial charge in [-0.2, -0.15) is 0 Å². The van der Waals surface area contributed by atoms with Gasteiger partial charge in [0.05, 0.1) is 12.1 Å². The van der Waals surface area contributed by atoms with Gasteiger partial charge in [0.25, 0.3) is 5.56 Å². The molecule has 0 saturated heterocycles. The van der Waals surface area contributed by atoms with Crippen LogP contribution in [0.4, 0.5) is 4.39 Å². The molecule has 5 nitrogen and oxygen atoms in total. The van der Waals surface area contributed by atoms with Gasteiger partial charge in [-0.1, -0.05) is 12.1 Å². The van der Waals surface area contributed by atoms with Crippen molar-refractivity contribution in [2.45, 2.75) is 38.9 Å². The average Bonchev–Trinajstić information content (AvgIpc) is 3.23. The monoisotopic (exact) mass is 423 g/mol. The minimum atomic E-state index is -0.243. The van der Waals surface area contributed by atoms with E-state index in [1.54, 1.807) is 19.2 Å². The molecule has 1 heterocycles. The van der Waals surface area contributed by atoms with Crippen LogP contribution in [0.2, 0.25) is 0 Å². The number of benzene rings is 2. The first-order valence-electron chi connectivity index (χ1n) is 11.0. The molecule has 4 rings (SSSR count). The van der Waals surface area contributed by atoms with Crippen molar-refractivity contribution >= 4 is 10.9 Å². The number of halogens is 1. The molecular weight excluding hydrogens is 393 g/mol. The fourth-order valence-electron chi connectivity index (χ4n) is 4.29. The summed E-state index contributed by atoms with van der Waals surface area (Å²) < 4.78 is 20.1. The van der Waals surface area contributed by atoms with Crippen molar-refractivity contribution in [2.24, 2.45) is 0 Å². The molecule has 31 heavy (non-hydrogen) atoms. The second-order valence-electron chi connectivity index (χ2n) is 8.13. The molecule has 1 aromatic heterocycles. The Hall–Kier alpha value is -2.54. The van der Waals surface area contributed by atoms with Crippen molar-refractivity contribution in [1.29, 1.82) is 0 Å². The van der Waals surface area contributed by atoms with Crippen LogP contribution < -0.4 is 16.2 Å². The lowest BCUT2D eigenvalue weighted by molar-refractivity contribution is 0.199. The fourth-order valence-corrected chi connectivity index (χ4v) is 4.29. The van der Waals surface area contributed by atoms with E-state index in [-0.39, 0.29) is 11.4 Å². The van der Waals surface area contributed by atoms with Crippen LogP contribution in [0.5, 0.6) is 0 Å². The van der Waals surface area contributed by atoms with Crippen LogP contribution >= 0.6 is 0 Å². The van der Waals surface area contributed by atoms with Gasteiger partial charge in [0.1, 0.15) is 5.82 Å². The van der Waals surface area contributed by atoms with Gasteiger partial charge in [-0.15, -0.1) is 0 Å². The average molecular weight is 424 g/mol. The highest BCUT2D eigenvalue weighted by Crippen LogP contribution is 2.27. The van der Waals surface area contributed by atoms with Gasteiger partial charge in [0.15, 0.2) is 0 Å². The van der Waals surface area contributed by atoms with Gasteiger partial charge >= 0.3 is 0 Å². The summed E-state index contributed by atoms with van der Waals surface area (Å²) in [6, 6.07) is 12.9. The first kappa shape index (κ1) is 21.7. The second-order valence-corrected chi connectivity index (χ2v) is 8.13. The van der Waals surface area contributed by atoms with Gasteiger partial charge in [0.2, 0.25) is 0 Å². The molecular formula is C25H30FN3O2. The third-order valence-electron chi connectivity index (χ3n) is 5.93. The number of nitrogens with zero attached hydrogens (tertiary/aromatic N) is 1. The quantitative estimate of drug-likeness (QED) is 0.492. The third-order valence-corrected chi connectivity index (χ3v) is 5.93. The van der Waals surface area contributed by atoms with Crippen LogP contribution in [0.15, 0.2) is 47.3 Å². The van der Waals surface area contributed by atoms with Crippen LogP contribution in [0, 0.1) is 5.82 Å². The molecule has 0 aliphatic heterocycles. The largest absolute Gasteiger partial charge is 0.383 e. The normalized spacial score (nSPS) is 13.1. The molecule has 0 fully saturated rings. The van der Waals surface area contributed by atoms with Crippen molar-refractivity contribution in [2.75, 3.05) is 26.8 Å². The number of ether oxygens (including phenoxy) is 1. The van der Waals surface area contributed by atoms with Crippen molar-refractivity contribution < 1.29 is 9.13 Å². The van der Waals surface area contributed by atoms with Crippen molar-refractivity contribution in [3.8, 4) is 0 Å². The number of pyridine rings is 1. The molecule has 6 heteroatoms. The lowest BCUT2D eigenvalue weighted by atomic mass is 10.0. The molecule has 0 unspecified atom stereocenters. The van der Waals surface area contributed by atoms with Crippen LogP contribution in [0.25, 0.3) is 10.9 Å². The minimum absolute atomic E-state index is 0.0468. The first-order valence-corrected chi connectivity index (χ1v) is 11.0. The van der Waals surface area contributed by atoms with E-state index in [9.17, 15) is 9.18 Å². The molecule has 0 atom stereocenters. The zero-order chi connectivity index (χ0) is 21.6. The summed E-state index contributed by atoms with van der Waals surface area (Å²) in [5, 5.41) is 7.80. The number of fused-ring (bicyclic) bond motifs is 2. The van der Waals surface area contributed by atoms with Crippen molar-refractivity contribution in [3.63, 3.8) is 0 Å². The predicted octanol–water partition coefficient (Wildman–Crippen LogP) is 3.16. The molecule has 164 valence electrons. The number of aromatic nitrogens is 1. The van der Waals surface area contributed by atoms with Crippen LogP contribution in [0.3, 0.4) is 0 Å². The highest BCUT2D eigenvalue weighted by atomic mass is 19.1. The summed E-state index contributed by atoms with van der Waals surface area (Å²) in [7, 11) is 1.68. The van der Waals surface area contributed by atoms with E-state index < -0.39 is 0 Å². The van der Waals surface area contributed by atoms with E-state index in [0.717, 1.165) is 41.4 Å².